The average molecular weight is 381 g/mol. The van der Waals surface area contributed by atoms with Crippen LogP contribution in [-0.2, 0) is 0 Å². The smallest absolute Gasteiger partial charge is 0.293 e. The number of fused-ring (bicyclic) bond motifs is 2. The molecule has 8 nitrogen and oxygen atoms in total. The average Bonchev–Trinajstić information content (AvgIpc) is 3.03. The molecule has 2 aromatic carbocycles. The first kappa shape index (κ1) is 18.2. The predicted octanol–water partition coefficient (Wildman–Crippen LogP) is 4.54. The van der Waals surface area contributed by atoms with E-state index in [1.165, 1.54) is 0 Å². The Bertz CT molecular complexity index is 1070. The molecule has 3 aromatic rings. The number of nitro groups is 1. The zero-order valence-electron chi connectivity index (χ0n) is 16.4. The molecule has 1 aromatic heterocycles. The van der Waals surface area contributed by atoms with Crippen molar-refractivity contribution >= 4 is 28.0 Å². The lowest BCUT2D eigenvalue weighted by atomic mass is 9.99. The van der Waals surface area contributed by atoms with Gasteiger partial charge in [0.05, 0.1) is 22.4 Å². The highest BCUT2D eigenvalue weighted by molar-refractivity contribution is 6.12. The topological polar surface area (TPSA) is 85.5 Å². The fourth-order valence-corrected chi connectivity index (χ4v) is 3.89. The van der Waals surface area contributed by atoms with E-state index in [2.05, 4.69) is 17.1 Å². The van der Waals surface area contributed by atoms with E-state index < -0.39 is 0 Å². The van der Waals surface area contributed by atoms with Crippen molar-refractivity contribution in [1.82, 2.24) is 14.7 Å². The maximum Gasteiger partial charge on any atom is 0.293 e. The zero-order valence-corrected chi connectivity index (χ0v) is 16.4. The van der Waals surface area contributed by atoms with Gasteiger partial charge in [-0.15, -0.1) is 0 Å². The van der Waals surface area contributed by atoms with E-state index in [0.29, 0.717) is 12.3 Å². The van der Waals surface area contributed by atoms with E-state index in [9.17, 15) is 10.1 Å². The minimum Gasteiger partial charge on any atom is -0.494 e. The van der Waals surface area contributed by atoms with Crippen LogP contribution in [0.1, 0.15) is 26.4 Å². The first-order chi connectivity index (χ1) is 13.5. The van der Waals surface area contributed by atoms with Gasteiger partial charge in [-0.2, -0.15) is 5.10 Å². The van der Waals surface area contributed by atoms with E-state index in [-0.39, 0.29) is 16.8 Å². The molecule has 1 unspecified atom stereocenters. The van der Waals surface area contributed by atoms with Gasteiger partial charge in [-0.3, -0.25) is 15.0 Å². The molecule has 28 heavy (non-hydrogen) atoms. The summed E-state index contributed by atoms with van der Waals surface area (Å²) in [7, 11) is 4.01. The van der Waals surface area contributed by atoms with Crippen LogP contribution in [0, 0.1) is 10.1 Å². The second-order valence-electron chi connectivity index (χ2n) is 7.02. The monoisotopic (exact) mass is 381 g/mol. The number of benzene rings is 2. The van der Waals surface area contributed by atoms with Crippen molar-refractivity contribution < 1.29 is 9.66 Å². The van der Waals surface area contributed by atoms with Crippen molar-refractivity contribution in [1.29, 1.82) is 0 Å². The molecule has 0 bridgehead atoms. The molecule has 1 N–H and O–H groups in total. The molecule has 0 saturated carbocycles. The molecule has 1 atom stereocenters. The molecule has 0 amide bonds. The van der Waals surface area contributed by atoms with Crippen LogP contribution in [0.3, 0.4) is 0 Å². The molecule has 8 heteroatoms. The summed E-state index contributed by atoms with van der Waals surface area (Å²) in [5, 5.41) is 20.6. The SMILES string of the molecule is CCOc1ccc2c(c1)-c1nn(C(CC)N(C)C)c3ccc([N+](=O)[O-])c(c13)N2. The van der Waals surface area contributed by atoms with Crippen molar-refractivity contribution in [2.24, 2.45) is 0 Å². The van der Waals surface area contributed by atoms with Gasteiger partial charge in [0.25, 0.3) is 5.69 Å². The second kappa shape index (κ2) is 6.79. The summed E-state index contributed by atoms with van der Waals surface area (Å²) in [6.45, 7) is 4.60. The Morgan fingerprint density at radius 3 is 2.71 bits per heavy atom. The van der Waals surface area contributed by atoms with Gasteiger partial charge < -0.3 is 10.1 Å². The number of anilines is 2. The van der Waals surface area contributed by atoms with E-state index in [0.717, 1.165) is 40.0 Å². The Labute approximate surface area is 162 Å². The third-order valence-corrected chi connectivity index (χ3v) is 5.11. The number of ether oxygens (including phenoxy) is 1. The Hall–Kier alpha value is -3.13. The molecule has 0 spiro atoms. The number of rotatable bonds is 6. The summed E-state index contributed by atoms with van der Waals surface area (Å²) in [6, 6.07) is 9.02. The number of hydrogen-bond donors (Lipinski definition) is 1. The van der Waals surface area contributed by atoms with Gasteiger partial charge in [0.2, 0.25) is 0 Å². The third kappa shape index (κ3) is 2.68. The zero-order chi connectivity index (χ0) is 20.0. The molecule has 146 valence electrons. The molecule has 1 aliphatic rings. The summed E-state index contributed by atoms with van der Waals surface area (Å²) in [5.74, 6) is 0.749. The van der Waals surface area contributed by atoms with Crippen LogP contribution in [0.15, 0.2) is 30.3 Å². The molecule has 0 radical (unpaired) electrons. The van der Waals surface area contributed by atoms with Crippen LogP contribution in [0.4, 0.5) is 17.1 Å². The highest BCUT2D eigenvalue weighted by Gasteiger charge is 2.31. The number of nitro benzene ring substituents is 1. The molecule has 2 heterocycles. The standard InChI is InChI=1S/C20H23N5O3/c1-5-17(23(3)4)24-15-9-10-16(25(26)27)20-18(15)19(22-24)13-11-12(28-6-2)7-8-14(13)21-20/h7-11,17,21H,5-6H2,1-4H3. The largest absolute Gasteiger partial charge is 0.494 e. The fourth-order valence-electron chi connectivity index (χ4n) is 3.89. The number of hydrogen-bond acceptors (Lipinski definition) is 6. The van der Waals surface area contributed by atoms with Crippen molar-refractivity contribution in [3.8, 4) is 17.0 Å². The van der Waals surface area contributed by atoms with Crippen LogP contribution in [-0.4, -0.2) is 40.3 Å². The van der Waals surface area contributed by atoms with Crippen LogP contribution in [0.25, 0.3) is 22.2 Å². The van der Waals surface area contributed by atoms with Gasteiger partial charge in [-0.1, -0.05) is 6.92 Å². The van der Waals surface area contributed by atoms with Crippen LogP contribution in [0.5, 0.6) is 5.75 Å². The number of aromatic nitrogens is 2. The van der Waals surface area contributed by atoms with Crippen molar-refractivity contribution in [3.05, 3.63) is 40.4 Å². The van der Waals surface area contributed by atoms with E-state index >= 15 is 0 Å². The second-order valence-corrected chi connectivity index (χ2v) is 7.02. The van der Waals surface area contributed by atoms with Gasteiger partial charge in [0.15, 0.2) is 0 Å². The molecule has 1 aliphatic heterocycles. The summed E-state index contributed by atoms with van der Waals surface area (Å²) >= 11 is 0. The minimum absolute atomic E-state index is 0.0437. The quantitative estimate of drug-likeness (QED) is 0.390. The first-order valence-corrected chi connectivity index (χ1v) is 9.36. The number of nitrogens with one attached hydrogen (secondary N) is 1. The summed E-state index contributed by atoms with van der Waals surface area (Å²) in [5.41, 5.74) is 3.83. The summed E-state index contributed by atoms with van der Waals surface area (Å²) in [4.78, 5) is 13.4. The van der Waals surface area contributed by atoms with Crippen LogP contribution < -0.4 is 10.1 Å². The maximum absolute atomic E-state index is 11.6. The molecular weight excluding hydrogens is 358 g/mol. The lowest BCUT2D eigenvalue weighted by Gasteiger charge is -2.24. The maximum atomic E-state index is 11.6. The normalized spacial score (nSPS) is 13.3. The highest BCUT2D eigenvalue weighted by Crippen LogP contribution is 2.48. The molecule has 0 saturated heterocycles. The molecular formula is C20H23N5O3. The lowest BCUT2D eigenvalue weighted by Crippen LogP contribution is -2.25. The van der Waals surface area contributed by atoms with E-state index in [1.807, 2.05) is 43.9 Å². The van der Waals surface area contributed by atoms with Crippen molar-refractivity contribution in [2.75, 3.05) is 26.0 Å². The van der Waals surface area contributed by atoms with Gasteiger partial charge in [0, 0.05) is 17.3 Å². The van der Waals surface area contributed by atoms with Crippen LogP contribution >= 0.6 is 0 Å². The van der Waals surface area contributed by atoms with Crippen LogP contribution in [0.2, 0.25) is 0 Å². The lowest BCUT2D eigenvalue weighted by molar-refractivity contribution is -0.383. The highest BCUT2D eigenvalue weighted by atomic mass is 16.6. The van der Waals surface area contributed by atoms with Crippen molar-refractivity contribution in [3.63, 3.8) is 0 Å². The van der Waals surface area contributed by atoms with E-state index in [4.69, 9.17) is 9.84 Å². The van der Waals surface area contributed by atoms with Gasteiger partial charge in [-0.25, -0.2) is 4.68 Å². The Kier molecular flexibility index (Phi) is 4.43. The molecule has 0 fully saturated rings. The minimum atomic E-state index is -0.355. The van der Waals surface area contributed by atoms with Gasteiger partial charge >= 0.3 is 0 Å². The number of nitrogens with zero attached hydrogens (tertiary/aromatic N) is 4. The molecule has 0 aliphatic carbocycles. The first-order valence-electron chi connectivity index (χ1n) is 9.36. The Morgan fingerprint density at radius 2 is 2.07 bits per heavy atom. The Balaban J connectivity index is 2.04. The third-order valence-electron chi connectivity index (χ3n) is 5.11. The van der Waals surface area contributed by atoms with Gasteiger partial charge in [0.1, 0.15) is 23.3 Å². The van der Waals surface area contributed by atoms with Crippen molar-refractivity contribution in [2.45, 2.75) is 26.4 Å². The summed E-state index contributed by atoms with van der Waals surface area (Å²) in [6.07, 6.45) is 0.900. The Morgan fingerprint density at radius 1 is 1.29 bits per heavy atom. The molecule has 4 rings (SSSR count). The fraction of sp³-hybridized carbons (Fsp3) is 0.350. The van der Waals surface area contributed by atoms with E-state index in [1.54, 1.807) is 12.1 Å². The summed E-state index contributed by atoms with van der Waals surface area (Å²) < 4.78 is 7.61. The van der Waals surface area contributed by atoms with Gasteiger partial charge in [-0.05, 0) is 51.7 Å². The predicted molar refractivity (Wildman–Crippen MR) is 109 cm³/mol.